The zero-order valence-corrected chi connectivity index (χ0v) is 14.4. The number of nitrogens with two attached hydrogens (primary N) is 1. The first-order chi connectivity index (χ1) is 11.5. The Balaban J connectivity index is 1.51. The number of hydrogen-bond donors (Lipinski definition) is 3. The lowest BCUT2D eigenvalue weighted by molar-refractivity contribution is -0.127. The Morgan fingerprint density at radius 3 is 2.42 bits per heavy atom. The normalized spacial score (nSPS) is 28.2. The molecule has 0 spiro atoms. The van der Waals surface area contributed by atoms with Gasteiger partial charge in [0.05, 0.1) is 5.92 Å². The third kappa shape index (κ3) is 3.46. The van der Waals surface area contributed by atoms with Crippen molar-refractivity contribution in [1.82, 2.24) is 5.32 Å². The van der Waals surface area contributed by atoms with E-state index in [1.54, 1.807) is 0 Å². The van der Waals surface area contributed by atoms with Gasteiger partial charge in [0.2, 0.25) is 11.8 Å². The largest absolute Gasteiger partial charge is 0.352 e. The number of benzene rings is 1. The first-order valence-corrected chi connectivity index (χ1v) is 8.89. The zero-order valence-electron chi connectivity index (χ0n) is 14.4. The molecule has 1 aromatic rings. The Labute approximate surface area is 143 Å². The van der Waals surface area contributed by atoms with Crippen LogP contribution < -0.4 is 16.4 Å². The Morgan fingerprint density at radius 2 is 1.83 bits per heavy atom. The maximum atomic E-state index is 12.5. The van der Waals surface area contributed by atoms with Crippen LogP contribution in [0.15, 0.2) is 24.3 Å². The van der Waals surface area contributed by atoms with Crippen molar-refractivity contribution in [3.63, 3.8) is 0 Å². The van der Waals surface area contributed by atoms with Crippen molar-refractivity contribution in [3.8, 4) is 0 Å². The van der Waals surface area contributed by atoms with E-state index in [9.17, 15) is 9.59 Å². The van der Waals surface area contributed by atoms with Gasteiger partial charge >= 0.3 is 0 Å². The number of carbonyl (C=O) groups excluding carboxylic acids is 2. The lowest BCUT2D eigenvalue weighted by atomic mass is 9.84. The standard InChI is InChI=1S/C19H27N3O2/c1-11(2)18(23)22-15-7-3-12(4-8-15)10-21-19(24)16-13-5-6-14(9-13)17(16)20/h3-4,7-8,11,13-14,16-17H,5-6,9-10,20H2,1-2H3,(H,21,24)(H,22,23). The van der Waals surface area contributed by atoms with Crippen LogP contribution in [0.4, 0.5) is 5.69 Å². The summed E-state index contributed by atoms with van der Waals surface area (Å²) in [7, 11) is 0. The van der Waals surface area contributed by atoms with Gasteiger partial charge in [-0.15, -0.1) is 0 Å². The molecule has 130 valence electrons. The van der Waals surface area contributed by atoms with E-state index in [1.165, 1.54) is 6.42 Å². The predicted molar refractivity (Wildman–Crippen MR) is 94.1 cm³/mol. The van der Waals surface area contributed by atoms with Gasteiger partial charge in [-0.25, -0.2) is 0 Å². The molecule has 0 radical (unpaired) electrons. The van der Waals surface area contributed by atoms with Crippen LogP contribution >= 0.6 is 0 Å². The summed E-state index contributed by atoms with van der Waals surface area (Å²) < 4.78 is 0. The van der Waals surface area contributed by atoms with E-state index in [0.29, 0.717) is 18.4 Å². The average molecular weight is 329 g/mol. The average Bonchev–Trinajstić information content (AvgIpc) is 3.15. The van der Waals surface area contributed by atoms with Crippen molar-refractivity contribution in [2.24, 2.45) is 29.4 Å². The fourth-order valence-electron chi connectivity index (χ4n) is 4.02. The van der Waals surface area contributed by atoms with Crippen LogP contribution in [0.5, 0.6) is 0 Å². The van der Waals surface area contributed by atoms with Gasteiger partial charge in [-0.05, 0) is 48.8 Å². The van der Waals surface area contributed by atoms with Gasteiger partial charge in [0, 0.05) is 24.2 Å². The van der Waals surface area contributed by atoms with Crippen LogP contribution in [0.3, 0.4) is 0 Å². The summed E-state index contributed by atoms with van der Waals surface area (Å²) in [6.07, 6.45) is 3.43. The fraction of sp³-hybridized carbons (Fsp3) is 0.579. The molecule has 5 heteroatoms. The van der Waals surface area contributed by atoms with Crippen molar-refractivity contribution in [2.45, 2.75) is 45.7 Å². The molecule has 2 saturated carbocycles. The number of fused-ring (bicyclic) bond motifs is 2. The molecule has 4 unspecified atom stereocenters. The van der Waals surface area contributed by atoms with Crippen molar-refractivity contribution in [2.75, 3.05) is 5.32 Å². The van der Waals surface area contributed by atoms with Gasteiger partial charge in [-0.2, -0.15) is 0 Å². The highest BCUT2D eigenvalue weighted by molar-refractivity contribution is 5.92. The molecule has 2 bridgehead atoms. The van der Waals surface area contributed by atoms with Gasteiger partial charge in [0.1, 0.15) is 0 Å². The molecule has 0 aromatic heterocycles. The van der Waals surface area contributed by atoms with Gasteiger partial charge in [0.25, 0.3) is 0 Å². The molecule has 5 nitrogen and oxygen atoms in total. The van der Waals surface area contributed by atoms with Crippen LogP contribution in [-0.4, -0.2) is 17.9 Å². The van der Waals surface area contributed by atoms with Gasteiger partial charge in [0.15, 0.2) is 0 Å². The predicted octanol–water partition coefficient (Wildman–Crippen LogP) is 2.27. The topological polar surface area (TPSA) is 84.2 Å². The van der Waals surface area contributed by atoms with Crippen LogP contribution in [0.2, 0.25) is 0 Å². The molecule has 0 aliphatic heterocycles. The summed E-state index contributed by atoms with van der Waals surface area (Å²) >= 11 is 0. The summed E-state index contributed by atoms with van der Waals surface area (Å²) in [6.45, 7) is 4.22. The number of rotatable bonds is 5. The molecule has 1 aromatic carbocycles. The first-order valence-electron chi connectivity index (χ1n) is 8.89. The van der Waals surface area contributed by atoms with E-state index in [-0.39, 0.29) is 29.7 Å². The monoisotopic (exact) mass is 329 g/mol. The third-order valence-corrected chi connectivity index (χ3v) is 5.50. The minimum atomic E-state index is -0.0464. The molecular formula is C19H27N3O2. The summed E-state index contributed by atoms with van der Waals surface area (Å²) in [5, 5.41) is 5.89. The van der Waals surface area contributed by atoms with Crippen molar-refractivity contribution < 1.29 is 9.59 Å². The number of nitrogens with one attached hydrogen (secondary N) is 2. The van der Waals surface area contributed by atoms with Gasteiger partial charge in [-0.1, -0.05) is 26.0 Å². The fourth-order valence-corrected chi connectivity index (χ4v) is 4.02. The SMILES string of the molecule is CC(C)C(=O)Nc1ccc(CNC(=O)C2C3CCC(C3)C2N)cc1. The molecular weight excluding hydrogens is 302 g/mol. The zero-order chi connectivity index (χ0) is 17.3. The molecule has 24 heavy (non-hydrogen) atoms. The lowest BCUT2D eigenvalue weighted by Crippen LogP contribution is -2.45. The molecule has 2 aliphatic carbocycles. The number of amides is 2. The maximum Gasteiger partial charge on any atom is 0.226 e. The minimum absolute atomic E-state index is 0.00123. The smallest absolute Gasteiger partial charge is 0.226 e. The molecule has 2 aliphatic rings. The van der Waals surface area contributed by atoms with E-state index < -0.39 is 0 Å². The Hall–Kier alpha value is -1.88. The van der Waals surface area contributed by atoms with Crippen molar-refractivity contribution in [3.05, 3.63) is 29.8 Å². The quantitative estimate of drug-likeness (QED) is 0.775. The second kappa shape index (κ2) is 6.93. The van der Waals surface area contributed by atoms with Crippen LogP contribution in [-0.2, 0) is 16.1 Å². The molecule has 2 fully saturated rings. The summed E-state index contributed by atoms with van der Waals surface area (Å²) in [5.41, 5.74) is 8.02. The minimum Gasteiger partial charge on any atom is -0.352 e. The second-order valence-electron chi connectivity index (χ2n) is 7.50. The van der Waals surface area contributed by atoms with E-state index >= 15 is 0 Å². The molecule has 0 saturated heterocycles. The summed E-state index contributed by atoms with van der Waals surface area (Å²) in [5.74, 6) is 1.03. The Morgan fingerprint density at radius 1 is 1.17 bits per heavy atom. The maximum absolute atomic E-state index is 12.5. The summed E-state index contributed by atoms with van der Waals surface area (Å²) in [6, 6.07) is 7.61. The van der Waals surface area contributed by atoms with Crippen LogP contribution in [0, 0.1) is 23.7 Å². The molecule has 0 heterocycles. The highest BCUT2D eigenvalue weighted by atomic mass is 16.2. The Bertz CT molecular complexity index is 610. The molecule has 3 rings (SSSR count). The third-order valence-electron chi connectivity index (χ3n) is 5.50. The van der Waals surface area contributed by atoms with E-state index in [4.69, 9.17) is 5.73 Å². The van der Waals surface area contributed by atoms with E-state index in [0.717, 1.165) is 24.1 Å². The Kier molecular flexibility index (Phi) is 4.90. The number of hydrogen-bond acceptors (Lipinski definition) is 3. The highest BCUT2D eigenvalue weighted by Crippen LogP contribution is 2.47. The highest BCUT2D eigenvalue weighted by Gasteiger charge is 2.48. The van der Waals surface area contributed by atoms with Crippen molar-refractivity contribution in [1.29, 1.82) is 0 Å². The molecule has 4 N–H and O–H groups in total. The first kappa shape index (κ1) is 17.0. The van der Waals surface area contributed by atoms with Crippen LogP contribution in [0.25, 0.3) is 0 Å². The second-order valence-corrected chi connectivity index (χ2v) is 7.50. The van der Waals surface area contributed by atoms with Crippen molar-refractivity contribution >= 4 is 17.5 Å². The van der Waals surface area contributed by atoms with Gasteiger partial charge < -0.3 is 16.4 Å². The van der Waals surface area contributed by atoms with E-state index in [1.807, 2.05) is 38.1 Å². The molecule has 4 atom stereocenters. The van der Waals surface area contributed by atoms with Crippen LogP contribution in [0.1, 0.15) is 38.7 Å². The number of carbonyl (C=O) groups is 2. The van der Waals surface area contributed by atoms with Gasteiger partial charge in [-0.3, -0.25) is 9.59 Å². The summed E-state index contributed by atoms with van der Waals surface area (Å²) in [4.78, 5) is 24.1. The number of anilines is 1. The van der Waals surface area contributed by atoms with E-state index in [2.05, 4.69) is 10.6 Å². The lowest BCUT2D eigenvalue weighted by Gasteiger charge is -2.27. The molecule has 2 amide bonds.